The summed E-state index contributed by atoms with van der Waals surface area (Å²) in [6.07, 6.45) is 1.65. The molecule has 1 aromatic heterocycles. The van der Waals surface area contributed by atoms with E-state index < -0.39 is 0 Å². The van der Waals surface area contributed by atoms with Crippen LogP contribution in [0.25, 0.3) is 11.0 Å². The molecule has 1 heterocycles. The van der Waals surface area contributed by atoms with E-state index in [1.807, 2.05) is 39.0 Å². The van der Waals surface area contributed by atoms with Gasteiger partial charge in [-0.1, -0.05) is 13.8 Å². The van der Waals surface area contributed by atoms with Crippen LogP contribution in [0, 0.1) is 0 Å². The van der Waals surface area contributed by atoms with E-state index in [1.165, 1.54) is 0 Å². The third-order valence-electron chi connectivity index (χ3n) is 5.17. The Morgan fingerprint density at radius 2 is 1.36 bits per heavy atom. The molecule has 0 bridgehead atoms. The third kappa shape index (κ3) is 5.72. The number of nitrogens with one attached hydrogen (secondary N) is 1. The largest absolute Gasteiger partial charge is 0.490 e. The Bertz CT molecular complexity index is 1090. The lowest BCUT2D eigenvalue weighted by atomic mass is 10.1. The maximum Gasteiger partial charge on any atom is 0.251 e. The highest BCUT2D eigenvalue weighted by Gasteiger charge is 2.16. The van der Waals surface area contributed by atoms with Crippen molar-refractivity contribution in [2.75, 3.05) is 19.8 Å². The van der Waals surface area contributed by atoms with Crippen LogP contribution in [0.4, 0.5) is 0 Å². The first-order valence-corrected chi connectivity index (χ1v) is 11.7. The van der Waals surface area contributed by atoms with E-state index in [-0.39, 0.29) is 5.91 Å². The third-order valence-corrected chi connectivity index (χ3v) is 5.17. The molecule has 0 aliphatic carbocycles. The van der Waals surface area contributed by atoms with Gasteiger partial charge >= 0.3 is 0 Å². The summed E-state index contributed by atoms with van der Waals surface area (Å²) in [6, 6.07) is 9.19. The summed E-state index contributed by atoms with van der Waals surface area (Å²) < 4.78 is 17.3. The lowest BCUT2D eigenvalue weighted by molar-refractivity contribution is 0.0951. The zero-order chi connectivity index (χ0) is 23.8. The molecule has 1 N–H and O–H groups in total. The molecule has 176 valence electrons. The van der Waals surface area contributed by atoms with Crippen molar-refractivity contribution < 1.29 is 19.0 Å². The van der Waals surface area contributed by atoms with Crippen LogP contribution in [0.2, 0.25) is 0 Å². The summed E-state index contributed by atoms with van der Waals surface area (Å²) in [7, 11) is 0. The van der Waals surface area contributed by atoms with Crippen molar-refractivity contribution in [2.45, 2.75) is 54.0 Å². The van der Waals surface area contributed by atoms with Crippen LogP contribution in [0.3, 0.4) is 0 Å². The molecule has 2 aromatic carbocycles. The average Bonchev–Trinajstić information content (AvgIpc) is 2.83. The van der Waals surface area contributed by atoms with Gasteiger partial charge in [0.05, 0.1) is 42.2 Å². The highest BCUT2D eigenvalue weighted by Crippen LogP contribution is 2.39. The van der Waals surface area contributed by atoms with Crippen LogP contribution in [-0.2, 0) is 19.4 Å². The number of hydrogen-bond donors (Lipinski definition) is 1. The van der Waals surface area contributed by atoms with E-state index in [2.05, 4.69) is 19.2 Å². The fourth-order valence-corrected chi connectivity index (χ4v) is 3.66. The number of hydrogen-bond acceptors (Lipinski definition) is 6. The zero-order valence-electron chi connectivity index (χ0n) is 20.2. The van der Waals surface area contributed by atoms with Crippen molar-refractivity contribution >= 4 is 16.9 Å². The van der Waals surface area contributed by atoms with Crippen LogP contribution in [0.1, 0.15) is 61.9 Å². The molecule has 7 nitrogen and oxygen atoms in total. The SMILES string of the molecule is CCOc1cc(CNC(=O)c2ccc3nc(CC)c(CC)nc3c2)cc(OCC)c1OCC. The number of aryl methyl sites for hydroxylation is 2. The van der Waals surface area contributed by atoms with Crippen molar-refractivity contribution in [1.82, 2.24) is 15.3 Å². The lowest BCUT2D eigenvalue weighted by Gasteiger charge is -2.17. The zero-order valence-corrected chi connectivity index (χ0v) is 20.2. The van der Waals surface area contributed by atoms with Crippen LogP contribution in [0.5, 0.6) is 17.2 Å². The van der Waals surface area contributed by atoms with E-state index in [1.54, 1.807) is 12.1 Å². The van der Waals surface area contributed by atoms with Crippen molar-refractivity contribution in [3.05, 3.63) is 52.8 Å². The highest BCUT2D eigenvalue weighted by molar-refractivity contribution is 5.97. The molecule has 7 heteroatoms. The number of carbonyl (C=O) groups is 1. The Morgan fingerprint density at radius 1 is 0.788 bits per heavy atom. The van der Waals surface area contributed by atoms with Crippen LogP contribution in [0.15, 0.2) is 30.3 Å². The first-order valence-electron chi connectivity index (χ1n) is 11.7. The Hall–Kier alpha value is -3.35. The van der Waals surface area contributed by atoms with Gasteiger partial charge in [0.15, 0.2) is 11.5 Å². The van der Waals surface area contributed by atoms with Gasteiger partial charge in [0.2, 0.25) is 5.75 Å². The minimum absolute atomic E-state index is 0.180. The number of benzene rings is 2. The molecule has 0 fully saturated rings. The number of aromatic nitrogens is 2. The second-order valence-electron chi connectivity index (χ2n) is 7.43. The number of carbonyl (C=O) groups excluding carboxylic acids is 1. The monoisotopic (exact) mass is 451 g/mol. The lowest BCUT2D eigenvalue weighted by Crippen LogP contribution is -2.23. The fourth-order valence-electron chi connectivity index (χ4n) is 3.66. The molecule has 0 radical (unpaired) electrons. The molecule has 33 heavy (non-hydrogen) atoms. The summed E-state index contributed by atoms with van der Waals surface area (Å²) in [5, 5.41) is 2.98. The Labute approximate surface area is 195 Å². The molecular weight excluding hydrogens is 418 g/mol. The van der Waals surface area contributed by atoms with E-state index in [9.17, 15) is 4.79 Å². The van der Waals surface area contributed by atoms with Gasteiger partial charge in [0.1, 0.15) is 0 Å². The molecule has 0 spiro atoms. The molecule has 3 aromatic rings. The van der Waals surface area contributed by atoms with Gasteiger partial charge in [-0.2, -0.15) is 0 Å². The highest BCUT2D eigenvalue weighted by atomic mass is 16.5. The second-order valence-corrected chi connectivity index (χ2v) is 7.43. The van der Waals surface area contributed by atoms with Crippen molar-refractivity contribution in [2.24, 2.45) is 0 Å². The number of amides is 1. The van der Waals surface area contributed by atoms with E-state index in [4.69, 9.17) is 24.2 Å². The molecule has 0 aliphatic heterocycles. The van der Waals surface area contributed by atoms with Gasteiger partial charge in [0.25, 0.3) is 5.91 Å². The molecular formula is C26H33N3O4. The first kappa shape index (κ1) is 24.3. The number of nitrogens with zero attached hydrogens (tertiary/aromatic N) is 2. The van der Waals surface area contributed by atoms with Crippen molar-refractivity contribution in [3.63, 3.8) is 0 Å². The minimum Gasteiger partial charge on any atom is -0.490 e. The predicted molar refractivity (Wildman–Crippen MR) is 129 cm³/mol. The molecule has 0 saturated heterocycles. The molecule has 0 atom stereocenters. The Balaban J connectivity index is 1.82. The van der Waals surface area contributed by atoms with Crippen LogP contribution < -0.4 is 19.5 Å². The Morgan fingerprint density at radius 3 is 1.91 bits per heavy atom. The van der Waals surface area contributed by atoms with E-state index in [0.29, 0.717) is 49.2 Å². The number of rotatable bonds is 11. The van der Waals surface area contributed by atoms with Gasteiger partial charge in [-0.05, 0) is 69.5 Å². The average molecular weight is 452 g/mol. The summed E-state index contributed by atoms with van der Waals surface area (Å²) in [5.74, 6) is 1.62. The molecule has 1 amide bonds. The topological polar surface area (TPSA) is 82.6 Å². The van der Waals surface area contributed by atoms with Crippen molar-refractivity contribution in [1.29, 1.82) is 0 Å². The number of ether oxygens (including phenoxy) is 3. The van der Waals surface area contributed by atoms with E-state index in [0.717, 1.165) is 40.8 Å². The first-order chi connectivity index (χ1) is 16.0. The molecule has 0 unspecified atom stereocenters. The minimum atomic E-state index is -0.180. The standard InChI is InChI=1S/C26H33N3O4/c1-6-19-20(7-2)29-22-15-18(11-12-21(22)28-19)26(30)27-16-17-13-23(31-8-3)25(33-10-5)24(14-17)32-9-4/h11-15H,6-10,16H2,1-5H3,(H,27,30). The van der Waals surface area contributed by atoms with Gasteiger partial charge < -0.3 is 19.5 Å². The molecule has 0 saturated carbocycles. The van der Waals surface area contributed by atoms with Crippen LogP contribution in [-0.4, -0.2) is 35.7 Å². The number of fused-ring (bicyclic) bond motifs is 1. The molecule has 3 rings (SSSR count). The Kier molecular flexibility index (Phi) is 8.46. The summed E-state index contributed by atoms with van der Waals surface area (Å²) in [4.78, 5) is 22.3. The maximum absolute atomic E-state index is 12.9. The van der Waals surface area contributed by atoms with E-state index >= 15 is 0 Å². The second kappa shape index (κ2) is 11.5. The van der Waals surface area contributed by atoms with Gasteiger partial charge in [-0.15, -0.1) is 0 Å². The smallest absolute Gasteiger partial charge is 0.251 e. The van der Waals surface area contributed by atoms with Gasteiger partial charge in [-0.3, -0.25) is 4.79 Å². The summed E-state index contributed by atoms with van der Waals surface area (Å²) in [5.41, 5.74) is 4.92. The van der Waals surface area contributed by atoms with Crippen LogP contribution >= 0.6 is 0 Å². The quantitative estimate of drug-likeness (QED) is 0.447. The normalized spacial score (nSPS) is 10.8. The maximum atomic E-state index is 12.9. The predicted octanol–water partition coefficient (Wildman–Crippen LogP) is 4.88. The van der Waals surface area contributed by atoms with Gasteiger partial charge in [0, 0.05) is 12.1 Å². The van der Waals surface area contributed by atoms with Gasteiger partial charge in [-0.25, -0.2) is 9.97 Å². The summed E-state index contributed by atoms with van der Waals surface area (Å²) >= 11 is 0. The summed E-state index contributed by atoms with van der Waals surface area (Å²) in [6.45, 7) is 11.7. The fraction of sp³-hybridized carbons (Fsp3) is 0.423. The molecule has 0 aliphatic rings. The van der Waals surface area contributed by atoms with Crippen molar-refractivity contribution in [3.8, 4) is 17.2 Å².